The molecule has 1 N–H and O–H groups in total. The van der Waals surface area contributed by atoms with E-state index in [1.54, 1.807) is 6.92 Å². The fourth-order valence-electron chi connectivity index (χ4n) is 1.79. The molecular formula is C11H22O4S. The van der Waals surface area contributed by atoms with Crippen molar-refractivity contribution in [2.24, 2.45) is 5.41 Å². The number of rotatable bonds is 8. The summed E-state index contributed by atoms with van der Waals surface area (Å²) in [4.78, 5) is 11.2. The molecule has 5 heteroatoms. The zero-order chi connectivity index (χ0) is 12.8. The van der Waals surface area contributed by atoms with E-state index in [0.717, 1.165) is 0 Å². The first kappa shape index (κ1) is 15.4. The zero-order valence-corrected chi connectivity index (χ0v) is 11.1. The van der Waals surface area contributed by atoms with Crippen molar-refractivity contribution in [1.82, 2.24) is 0 Å². The van der Waals surface area contributed by atoms with Crippen LogP contribution in [0, 0.1) is 5.41 Å². The Bertz CT molecular complexity index is 315. The number of hydrogen-bond acceptors (Lipinski definition) is 3. The van der Waals surface area contributed by atoms with Crippen molar-refractivity contribution in [2.45, 2.75) is 46.5 Å². The van der Waals surface area contributed by atoms with E-state index in [-0.39, 0.29) is 11.5 Å². The molecule has 0 spiro atoms. The lowest BCUT2D eigenvalue weighted by atomic mass is 9.78. The van der Waals surface area contributed by atoms with E-state index < -0.39 is 21.2 Å². The normalized spacial score (nSPS) is 12.7. The molecule has 0 atom stereocenters. The van der Waals surface area contributed by atoms with E-state index in [9.17, 15) is 13.2 Å². The van der Waals surface area contributed by atoms with Gasteiger partial charge in [0.15, 0.2) is 0 Å². The fourth-order valence-corrected chi connectivity index (χ4v) is 2.66. The molecule has 0 aliphatic rings. The first-order valence-electron chi connectivity index (χ1n) is 5.77. The molecule has 0 aliphatic heterocycles. The third-order valence-electron chi connectivity index (χ3n) is 3.36. The van der Waals surface area contributed by atoms with Crippen LogP contribution in [0.25, 0.3) is 0 Å². The summed E-state index contributed by atoms with van der Waals surface area (Å²) >= 11 is 0. The molecule has 0 radical (unpaired) electrons. The molecule has 4 nitrogen and oxygen atoms in total. The van der Waals surface area contributed by atoms with Crippen molar-refractivity contribution in [3.8, 4) is 0 Å². The maximum absolute atomic E-state index is 11.3. The Morgan fingerprint density at radius 1 is 1.19 bits per heavy atom. The summed E-state index contributed by atoms with van der Waals surface area (Å²) in [6, 6.07) is 0. The largest absolute Gasteiger partial charge is 0.481 e. The molecule has 0 heterocycles. The second kappa shape index (κ2) is 6.23. The van der Waals surface area contributed by atoms with E-state index in [1.165, 1.54) is 0 Å². The number of sulfone groups is 1. The summed E-state index contributed by atoms with van der Waals surface area (Å²) in [7, 11) is -2.98. The van der Waals surface area contributed by atoms with Crippen molar-refractivity contribution in [3.05, 3.63) is 0 Å². The van der Waals surface area contributed by atoms with Crippen LogP contribution in [0.2, 0.25) is 0 Å². The van der Waals surface area contributed by atoms with E-state index >= 15 is 0 Å². The van der Waals surface area contributed by atoms with E-state index in [1.807, 2.05) is 13.8 Å². The van der Waals surface area contributed by atoms with Crippen LogP contribution in [0.15, 0.2) is 0 Å². The Balaban J connectivity index is 4.41. The summed E-state index contributed by atoms with van der Waals surface area (Å²) in [5.74, 6) is -0.587. The molecule has 0 fully saturated rings. The van der Waals surface area contributed by atoms with Gasteiger partial charge in [-0.05, 0) is 25.7 Å². The van der Waals surface area contributed by atoms with Gasteiger partial charge >= 0.3 is 5.97 Å². The first-order valence-corrected chi connectivity index (χ1v) is 7.59. The molecule has 0 aromatic carbocycles. The molecule has 0 bridgehead atoms. The van der Waals surface area contributed by atoms with Crippen molar-refractivity contribution < 1.29 is 18.3 Å². The van der Waals surface area contributed by atoms with Gasteiger partial charge in [0.1, 0.15) is 9.84 Å². The van der Waals surface area contributed by atoms with Crippen LogP contribution in [0.3, 0.4) is 0 Å². The standard InChI is InChI=1S/C11H22O4S/c1-4-11(5-2,10(12)13)8-7-9-16(14,15)6-3/h4-9H2,1-3H3,(H,12,13). The van der Waals surface area contributed by atoms with Gasteiger partial charge in [-0.25, -0.2) is 8.42 Å². The van der Waals surface area contributed by atoms with Crippen LogP contribution >= 0.6 is 0 Å². The van der Waals surface area contributed by atoms with Gasteiger partial charge in [-0.15, -0.1) is 0 Å². The minimum absolute atomic E-state index is 0.0958. The summed E-state index contributed by atoms with van der Waals surface area (Å²) in [6.45, 7) is 5.29. The second-order valence-electron chi connectivity index (χ2n) is 4.13. The molecule has 0 aliphatic carbocycles. The van der Waals surface area contributed by atoms with Crippen LogP contribution in [0.1, 0.15) is 46.5 Å². The highest BCUT2D eigenvalue weighted by molar-refractivity contribution is 7.91. The van der Waals surface area contributed by atoms with Gasteiger partial charge in [-0.3, -0.25) is 4.79 Å². The minimum atomic E-state index is -2.98. The highest BCUT2D eigenvalue weighted by atomic mass is 32.2. The Kier molecular flexibility index (Phi) is 6.00. The molecule has 0 amide bonds. The second-order valence-corrected chi connectivity index (χ2v) is 6.61. The summed E-state index contributed by atoms with van der Waals surface area (Å²) in [5, 5.41) is 9.16. The molecule has 0 unspecified atom stereocenters. The number of carboxylic acid groups (broad SMARTS) is 1. The molecule has 0 saturated heterocycles. The monoisotopic (exact) mass is 250 g/mol. The van der Waals surface area contributed by atoms with Crippen molar-refractivity contribution >= 4 is 15.8 Å². The van der Waals surface area contributed by atoms with E-state index in [4.69, 9.17) is 5.11 Å². The first-order chi connectivity index (χ1) is 7.33. The third kappa shape index (κ3) is 4.12. The van der Waals surface area contributed by atoms with Gasteiger partial charge < -0.3 is 5.11 Å². The van der Waals surface area contributed by atoms with E-state index in [2.05, 4.69) is 0 Å². The van der Waals surface area contributed by atoms with E-state index in [0.29, 0.717) is 25.7 Å². The van der Waals surface area contributed by atoms with Crippen LogP contribution in [-0.2, 0) is 14.6 Å². The topological polar surface area (TPSA) is 71.4 Å². The number of carbonyl (C=O) groups is 1. The quantitative estimate of drug-likeness (QED) is 0.716. The SMILES string of the molecule is CCC(CC)(CCCS(=O)(=O)CC)C(=O)O. The lowest BCUT2D eigenvalue weighted by Gasteiger charge is -2.26. The van der Waals surface area contributed by atoms with Gasteiger partial charge in [0, 0.05) is 5.75 Å². The summed E-state index contributed by atoms with van der Waals surface area (Å²) < 4.78 is 22.6. The van der Waals surface area contributed by atoms with Gasteiger partial charge in [0.2, 0.25) is 0 Å². The Hall–Kier alpha value is -0.580. The third-order valence-corrected chi connectivity index (χ3v) is 5.15. The van der Waals surface area contributed by atoms with Gasteiger partial charge in [-0.2, -0.15) is 0 Å². The van der Waals surface area contributed by atoms with Crippen molar-refractivity contribution in [2.75, 3.05) is 11.5 Å². The maximum atomic E-state index is 11.3. The highest BCUT2D eigenvalue weighted by Gasteiger charge is 2.34. The van der Waals surface area contributed by atoms with Crippen molar-refractivity contribution in [1.29, 1.82) is 0 Å². The fraction of sp³-hybridized carbons (Fsp3) is 0.909. The molecule has 0 saturated carbocycles. The average Bonchev–Trinajstić information content (AvgIpc) is 2.24. The molecule has 16 heavy (non-hydrogen) atoms. The number of carboxylic acids is 1. The summed E-state index contributed by atoms with van der Waals surface area (Å²) in [6.07, 6.45) is 1.97. The molecule has 0 aromatic rings. The lowest BCUT2D eigenvalue weighted by Crippen LogP contribution is -2.30. The molecular weight excluding hydrogens is 228 g/mol. The molecule has 0 aromatic heterocycles. The Morgan fingerprint density at radius 2 is 1.69 bits per heavy atom. The zero-order valence-electron chi connectivity index (χ0n) is 10.3. The van der Waals surface area contributed by atoms with Crippen LogP contribution in [0.5, 0.6) is 0 Å². The smallest absolute Gasteiger partial charge is 0.309 e. The Morgan fingerprint density at radius 3 is 2.00 bits per heavy atom. The average molecular weight is 250 g/mol. The number of hydrogen-bond donors (Lipinski definition) is 1. The van der Waals surface area contributed by atoms with Crippen LogP contribution in [-0.4, -0.2) is 31.0 Å². The number of aliphatic carboxylic acids is 1. The molecule has 0 rings (SSSR count). The van der Waals surface area contributed by atoms with Gasteiger partial charge in [-0.1, -0.05) is 20.8 Å². The van der Waals surface area contributed by atoms with Crippen LogP contribution < -0.4 is 0 Å². The van der Waals surface area contributed by atoms with Crippen LogP contribution in [0.4, 0.5) is 0 Å². The molecule has 96 valence electrons. The predicted molar refractivity (Wildman–Crippen MR) is 64.2 cm³/mol. The maximum Gasteiger partial charge on any atom is 0.309 e. The van der Waals surface area contributed by atoms with Gasteiger partial charge in [0.25, 0.3) is 0 Å². The minimum Gasteiger partial charge on any atom is -0.481 e. The van der Waals surface area contributed by atoms with Crippen molar-refractivity contribution in [3.63, 3.8) is 0 Å². The Labute approximate surface area is 98.0 Å². The lowest BCUT2D eigenvalue weighted by molar-refractivity contribution is -0.150. The highest BCUT2D eigenvalue weighted by Crippen LogP contribution is 2.32. The van der Waals surface area contributed by atoms with Gasteiger partial charge in [0.05, 0.1) is 11.2 Å². The predicted octanol–water partition coefficient (Wildman–Crippen LogP) is 2.09. The summed E-state index contributed by atoms with van der Waals surface area (Å²) in [5.41, 5.74) is -0.747.